The molecule has 1 amide bonds. The van der Waals surface area contributed by atoms with Crippen molar-refractivity contribution in [3.05, 3.63) is 23.7 Å². The van der Waals surface area contributed by atoms with Gasteiger partial charge in [-0.25, -0.2) is 4.79 Å². The van der Waals surface area contributed by atoms with Gasteiger partial charge in [-0.3, -0.25) is 4.79 Å². The second-order valence-corrected chi connectivity index (χ2v) is 1.90. The normalized spacial score (nSPS) is 8.82. The Morgan fingerprint density at radius 3 is 2.91 bits per heavy atom. The van der Waals surface area contributed by atoms with E-state index in [1.807, 2.05) is 0 Å². The fourth-order valence-electron chi connectivity index (χ4n) is 0.709. The minimum Gasteiger partial charge on any atom is -0.469 e. The zero-order valence-electron chi connectivity index (χ0n) is 5.83. The molecule has 56 valence electrons. The highest BCUT2D eigenvalue weighted by Crippen LogP contribution is 2.09. The standard InChI is InChI=1S/C7H5NO3/c1-5-6(2-3-11-5)7(10)8-4-9/h2-3H,1H3. The van der Waals surface area contributed by atoms with Gasteiger partial charge >= 0.3 is 0 Å². The summed E-state index contributed by atoms with van der Waals surface area (Å²) in [6.07, 6.45) is 2.53. The van der Waals surface area contributed by atoms with Gasteiger partial charge < -0.3 is 4.42 Å². The highest BCUT2D eigenvalue weighted by Gasteiger charge is 2.08. The van der Waals surface area contributed by atoms with Crippen molar-refractivity contribution in [2.45, 2.75) is 6.92 Å². The predicted octanol–water partition coefficient (Wildman–Crippen LogP) is 1.06. The lowest BCUT2D eigenvalue weighted by atomic mass is 10.2. The fourth-order valence-corrected chi connectivity index (χ4v) is 0.709. The molecule has 0 N–H and O–H groups in total. The molecule has 1 aromatic heterocycles. The lowest BCUT2D eigenvalue weighted by Gasteiger charge is -1.86. The third-order valence-electron chi connectivity index (χ3n) is 1.24. The van der Waals surface area contributed by atoms with Crippen LogP contribution in [0.5, 0.6) is 0 Å². The van der Waals surface area contributed by atoms with Crippen molar-refractivity contribution in [1.29, 1.82) is 0 Å². The Bertz CT molecular complexity index is 320. The molecule has 0 aliphatic rings. The molecule has 0 atom stereocenters. The number of carbonyl (C=O) groups excluding carboxylic acids is 2. The van der Waals surface area contributed by atoms with Crippen LogP contribution in [0, 0.1) is 6.92 Å². The Balaban J connectivity index is 3.02. The predicted molar refractivity (Wildman–Crippen MR) is 35.9 cm³/mol. The number of aliphatic imine (C=N–C) groups is 1. The molecule has 0 aliphatic carbocycles. The molecule has 0 radical (unpaired) electrons. The Kier molecular flexibility index (Phi) is 1.99. The second kappa shape index (κ2) is 2.94. The van der Waals surface area contributed by atoms with Crippen LogP contribution in [0.4, 0.5) is 0 Å². The fraction of sp³-hybridized carbons (Fsp3) is 0.143. The van der Waals surface area contributed by atoms with Crippen molar-refractivity contribution >= 4 is 12.0 Å². The molecule has 0 aromatic carbocycles. The molecule has 0 bridgehead atoms. The minimum atomic E-state index is -0.619. The number of hydrogen-bond donors (Lipinski definition) is 0. The summed E-state index contributed by atoms with van der Waals surface area (Å²) in [5.74, 6) is -0.166. The topological polar surface area (TPSA) is 59.6 Å². The lowest BCUT2D eigenvalue weighted by Crippen LogP contribution is -1.93. The van der Waals surface area contributed by atoms with Crippen molar-refractivity contribution in [3.63, 3.8) is 0 Å². The maximum Gasteiger partial charge on any atom is 0.291 e. The number of rotatable bonds is 1. The van der Waals surface area contributed by atoms with Gasteiger partial charge in [0.2, 0.25) is 6.08 Å². The van der Waals surface area contributed by atoms with Gasteiger partial charge in [0.1, 0.15) is 5.76 Å². The monoisotopic (exact) mass is 151 g/mol. The highest BCUT2D eigenvalue weighted by atomic mass is 16.3. The van der Waals surface area contributed by atoms with E-state index in [1.54, 1.807) is 6.92 Å². The van der Waals surface area contributed by atoms with Crippen molar-refractivity contribution in [2.75, 3.05) is 0 Å². The van der Waals surface area contributed by atoms with E-state index >= 15 is 0 Å². The van der Waals surface area contributed by atoms with Crippen LogP contribution < -0.4 is 0 Å². The molecule has 0 saturated carbocycles. The SMILES string of the molecule is Cc1occc1C(=O)N=C=O. The summed E-state index contributed by atoms with van der Waals surface area (Å²) in [4.78, 5) is 23.4. The van der Waals surface area contributed by atoms with Crippen LogP contribution in [0.1, 0.15) is 16.1 Å². The molecule has 1 aromatic rings. The molecule has 1 rings (SSSR count). The molecule has 11 heavy (non-hydrogen) atoms. The Morgan fingerprint density at radius 1 is 1.73 bits per heavy atom. The summed E-state index contributed by atoms with van der Waals surface area (Å²) in [6, 6.07) is 1.46. The van der Waals surface area contributed by atoms with Crippen molar-refractivity contribution in [3.8, 4) is 0 Å². The van der Waals surface area contributed by atoms with Crippen LogP contribution in [0.15, 0.2) is 21.7 Å². The number of amides is 1. The number of furan rings is 1. The van der Waals surface area contributed by atoms with Crippen LogP contribution in [-0.2, 0) is 4.79 Å². The number of carbonyl (C=O) groups is 1. The Labute approximate surface area is 62.5 Å². The third-order valence-corrected chi connectivity index (χ3v) is 1.24. The van der Waals surface area contributed by atoms with E-state index in [9.17, 15) is 9.59 Å². The van der Waals surface area contributed by atoms with Crippen LogP contribution in [0.25, 0.3) is 0 Å². The van der Waals surface area contributed by atoms with E-state index in [0.29, 0.717) is 11.3 Å². The van der Waals surface area contributed by atoms with Gasteiger partial charge in [-0.05, 0) is 13.0 Å². The number of aryl methyl sites for hydroxylation is 1. The molecular formula is C7H5NO3. The van der Waals surface area contributed by atoms with Gasteiger partial charge in [0.05, 0.1) is 11.8 Å². The molecule has 0 unspecified atom stereocenters. The second-order valence-electron chi connectivity index (χ2n) is 1.90. The summed E-state index contributed by atoms with van der Waals surface area (Å²) in [6.45, 7) is 1.62. The van der Waals surface area contributed by atoms with E-state index < -0.39 is 5.91 Å². The maximum atomic E-state index is 10.8. The minimum absolute atomic E-state index is 0.299. The molecule has 0 spiro atoms. The molecule has 1 heterocycles. The summed E-state index contributed by atoms with van der Waals surface area (Å²) in [5.41, 5.74) is 0.299. The first kappa shape index (κ1) is 7.44. The zero-order chi connectivity index (χ0) is 8.27. The quantitative estimate of drug-likeness (QED) is 0.445. The average Bonchev–Trinajstić information content (AvgIpc) is 2.36. The molecule has 4 nitrogen and oxygen atoms in total. The summed E-state index contributed by atoms with van der Waals surface area (Å²) < 4.78 is 4.82. The highest BCUT2D eigenvalue weighted by molar-refractivity contribution is 5.98. The molecule has 4 heteroatoms. The van der Waals surface area contributed by atoms with E-state index in [-0.39, 0.29) is 0 Å². The van der Waals surface area contributed by atoms with Crippen LogP contribution in [0.3, 0.4) is 0 Å². The van der Waals surface area contributed by atoms with Gasteiger partial charge in [0.25, 0.3) is 5.91 Å². The first-order valence-electron chi connectivity index (χ1n) is 2.92. The van der Waals surface area contributed by atoms with Gasteiger partial charge in [-0.1, -0.05) is 0 Å². The van der Waals surface area contributed by atoms with Gasteiger partial charge in [-0.2, -0.15) is 0 Å². The number of isocyanates is 1. The van der Waals surface area contributed by atoms with Crippen molar-refractivity contribution < 1.29 is 14.0 Å². The zero-order valence-corrected chi connectivity index (χ0v) is 5.83. The maximum absolute atomic E-state index is 10.8. The number of hydrogen-bond acceptors (Lipinski definition) is 3. The molecule has 0 fully saturated rings. The van der Waals surface area contributed by atoms with E-state index in [0.717, 1.165) is 0 Å². The van der Waals surface area contributed by atoms with Gasteiger partial charge in [0, 0.05) is 0 Å². The van der Waals surface area contributed by atoms with Crippen LogP contribution in [-0.4, -0.2) is 12.0 Å². The van der Waals surface area contributed by atoms with E-state index in [1.165, 1.54) is 18.4 Å². The lowest BCUT2D eigenvalue weighted by molar-refractivity contribution is 0.100. The van der Waals surface area contributed by atoms with E-state index in [2.05, 4.69) is 4.99 Å². The first-order valence-corrected chi connectivity index (χ1v) is 2.92. The molecular weight excluding hydrogens is 146 g/mol. The van der Waals surface area contributed by atoms with Gasteiger partial charge in [-0.15, -0.1) is 4.99 Å². The Morgan fingerprint density at radius 2 is 2.45 bits per heavy atom. The van der Waals surface area contributed by atoms with Crippen molar-refractivity contribution in [2.24, 2.45) is 4.99 Å². The number of nitrogens with zero attached hydrogens (tertiary/aromatic N) is 1. The Hall–Kier alpha value is -1.67. The third kappa shape index (κ3) is 1.42. The van der Waals surface area contributed by atoms with Crippen LogP contribution in [0.2, 0.25) is 0 Å². The first-order chi connectivity index (χ1) is 5.25. The smallest absolute Gasteiger partial charge is 0.291 e. The largest absolute Gasteiger partial charge is 0.469 e. The molecule has 0 aliphatic heterocycles. The van der Waals surface area contributed by atoms with Crippen molar-refractivity contribution in [1.82, 2.24) is 0 Å². The summed E-state index contributed by atoms with van der Waals surface area (Å²) >= 11 is 0. The average molecular weight is 151 g/mol. The molecule has 0 saturated heterocycles. The van der Waals surface area contributed by atoms with Gasteiger partial charge in [0.15, 0.2) is 0 Å². The summed E-state index contributed by atoms with van der Waals surface area (Å²) in [5, 5.41) is 0. The summed E-state index contributed by atoms with van der Waals surface area (Å²) in [7, 11) is 0. The van der Waals surface area contributed by atoms with Crippen LogP contribution >= 0.6 is 0 Å². The van der Waals surface area contributed by atoms with E-state index in [4.69, 9.17) is 4.42 Å².